The highest BCUT2D eigenvalue weighted by Crippen LogP contribution is 2.20. The molecule has 31 heavy (non-hydrogen) atoms. The molecule has 11 heteroatoms. The minimum atomic E-state index is -4.16. The second-order valence-corrected chi connectivity index (χ2v) is 7.83. The minimum Gasteiger partial charge on any atom is -0.375 e. The van der Waals surface area contributed by atoms with Crippen LogP contribution in [0.25, 0.3) is 0 Å². The first kappa shape index (κ1) is 25.9. The zero-order chi connectivity index (χ0) is 21.6. The molecule has 0 saturated carbocycles. The monoisotopic (exact) mass is 556 g/mol. The van der Waals surface area contributed by atoms with Gasteiger partial charge in [-0.1, -0.05) is 6.07 Å². The highest BCUT2D eigenvalue weighted by Gasteiger charge is 2.34. The summed E-state index contributed by atoms with van der Waals surface area (Å²) in [7, 11) is 0. The van der Waals surface area contributed by atoms with Gasteiger partial charge in [-0.2, -0.15) is 13.2 Å². The summed E-state index contributed by atoms with van der Waals surface area (Å²) in [5.41, 5.74) is 0.974. The quantitative estimate of drug-likeness (QED) is 0.319. The number of guanidine groups is 1. The predicted molar refractivity (Wildman–Crippen MR) is 126 cm³/mol. The molecule has 3 heterocycles. The molecule has 2 N–H and O–H groups in total. The van der Waals surface area contributed by atoms with E-state index in [1.807, 2.05) is 25.3 Å². The van der Waals surface area contributed by atoms with Gasteiger partial charge in [0, 0.05) is 45.0 Å². The van der Waals surface area contributed by atoms with E-state index in [1.165, 1.54) is 4.90 Å². The Morgan fingerprint density at radius 1 is 1.29 bits per heavy atom. The summed E-state index contributed by atoms with van der Waals surface area (Å²) in [6.45, 7) is 7.42. The number of aliphatic imine (C=N–C) groups is 1. The fourth-order valence-corrected chi connectivity index (χ4v) is 3.76. The van der Waals surface area contributed by atoms with Crippen molar-refractivity contribution in [2.24, 2.45) is 4.99 Å². The van der Waals surface area contributed by atoms with Crippen molar-refractivity contribution < 1.29 is 17.9 Å². The third kappa shape index (κ3) is 8.60. The van der Waals surface area contributed by atoms with Crippen molar-refractivity contribution >= 4 is 35.8 Å². The highest BCUT2D eigenvalue weighted by atomic mass is 127. The number of hydrogen-bond donors (Lipinski definition) is 2. The number of morpholine rings is 1. The first-order valence-corrected chi connectivity index (χ1v) is 10.5. The van der Waals surface area contributed by atoms with Crippen molar-refractivity contribution in [2.75, 3.05) is 50.8 Å². The van der Waals surface area contributed by atoms with Gasteiger partial charge in [0.1, 0.15) is 5.82 Å². The van der Waals surface area contributed by atoms with Crippen molar-refractivity contribution in [3.63, 3.8) is 0 Å². The lowest BCUT2D eigenvalue weighted by Gasteiger charge is -2.32. The molecule has 0 bridgehead atoms. The van der Waals surface area contributed by atoms with E-state index >= 15 is 0 Å². The molecule has 0 aliphatic carbocycles. The van der Waals surface area contributed by atoms with Crippen LogP contribution in [0, 0.1) is 0 Å². The van der Waals surface area contributed by atoms with Gasteiger partial charge >= 0.3 is 6.18 Å². The van der Waals surface area contributed by atoms with E-state index in [4.69, 9.17) is 4.74 Å². The van der Waals surface area contributed by atoms with Gasteiger partial charge in [0.25, 0.3) is 0 Å². The number of alkyl halides is 3. The molecule has 1 aromatic rings. The Bertz CT molecular complexity index is 703. The zero-order valence-corrected chi connectivity index (χ0v) is 20.3. The Hall–Kier alpha value is -1.34. The summed E-state index contributed by atoms with van der Waals surface area (Å²) >= 11 is 0. The predicted octanol–water partition coefficient (Wildman–Crippen LogP) is 2.62. The van der Waals surface area contributed by atoms with Gasteiger partial charge in [0.05, 0.1) is 25.8 Å². The van der Waals surface area contributed by atoms with E-state index in [1.54, 1.807) is 0 Å². The number of likely N-dealkylation sites (tertiary alicyclic amines) is 1. The molecule has 2 atom stereocenters. The molecule has 2 fully saturated rings. The van der Waals surface area contributed by atoms with Gasteiger partial charge in [0.15, 0.2) is 5.96 Å². The number of aromatic nitrogens is 1. The fraction of sp³-hybridized carbons (Fsp3) is 0.700. The molecule has 0 aromatic carbocycles. The molecule has 2 aliphatic rings. The van der Waals surface area contributed by atoms with Crippen LogP contribution in [0.4, 0.5) is 19.0 Å². The van der Waals surface area contributed by atoms with Gasteiger partial charge in [-0.3, -0.25) is 4.90 Å². The lowest BCUT2D eigenvalue weighted by atomic mass is 10.2. The topological polar surface area (TPSA) is 65.0 Å². The number of pyridine rings is 1. The Kier molecular flexibility index (Phi) is 10.1. The average molecular weight is 556 g/mol. The number of ether oxygens (including phenoxy) is 1. The van der Waals surface area contributed by atoms with Crippen LogP contribution < -0.4 is 15.5 Å². The molecule has 2 saturated heterocycles. The van der Waals surface area contributed by atoms with E-state index in [9.17, 15) is 13.2 Å². The molecule has 176 valence electrons. The molecular weight excluding hydrogens is 524 g/mol. The number of hydrogen-bond acceptors (Lipinski definition) is 5. The first-order chi connectivity index (χ1) is 14.3. The smallest absolute Gasteiger partial charge is 0.375 e. The van der Waals surface area contributed by atoms with Crippen molar-refractivity contribution in [1.82, 2.24) is 20.5 Å². The van der Waals surface area contributed by atoms with Crippen molar-refractivity contribution in [2.45, 2.75) is 45.1 Å². The molecule has 0 radical (unpaired) electrons. The van der Waals surface area contributed by atoms with Gasteiger partial charge in [0.2, 0.25) is 0 Å². The number of nitrogens with zero attached hydrogens (tertiary/aromatic N) is 4. The SMILES string of the molecule is CCNC(=NCc1ccc(N2CCOC(C)C2)nc1)NC1CCN(CC(F)(F)F)C1.I. The third-order valence-corrected chi connectivity index (χ3v) is 5.15. The first-order valence-electron chi connectivity index (χ1n) is 10.5. The van der Waals surface area contributed by atoms with E-state index < -0.39 is 12.7 Å². The summed E-state index contributed by atoms with van der Waals surface area (Å²) in [5, 5.41) is 6.42. The van der Waals surface area contributed by atoms with Crippen LogP contribution in [0.3, 0.4) is 0 Å². The zero-order valence-electron chi connectivity index (χ0n) is 18.0. The largest absolute Gasteiger partial charge is 0.401 e. The number of rotatable bonds is 6. The van der Waals surface area contributed by atoms with E-state index in [-0.39, 0.29) is 36.1 Å². The summed E-state index contributed by atoms with van der Waals surface area (Å²) in [6, 6.07) is 3.96. The normalized spacial score (nSPS) is 22.9. The Labute approximate surface area is 198 Å². The fourth-order valence-electron chi connectivity index (χ4n) is 3.76. The van der Waals surface area contributed by atoms with Gasteiger partial charge in [-0.05, 0) is 31.9 Å². The minimum absolute atomic E-state index is 0. The average Bonchev–Trinajstić information content (AvgIpc) is 3.11. The molecule has 2 aliphatic heterocycles. The lowest BCUT2D eigenvalue weighted by Crippen LogP contribution is -2.45. The Morgan fingerprint density at radius 3 is 2.74 bits per heavy atom. The van der Waals surface area contributed by atoms with Crippen LogP contribution in [0.5, 0.6) is 0 Å². The summed E-state index contributed by atoms with van der Waals surface area (Å²) in [4.78, 5) is 12.8. The maximum atomic E-state index is 12.6. The summed E-state index contributed by atoms with van der Waals surface area (Å²) in [5.74, 6) is 1.54. The van der Waals surface area contributed by atoms with Crippen LogP contribution in [-0.4, -0.2) is 80.0 Å². The number of halogens is 4. The second kappa shape index (κ2) is 12.0. The molecule has 7 nitrogen and oxygen atoms in total. The number of nitrogens with one attached hydrogen (secondary N) is 2. The molecule has 3 rings (SSSR count). The lowest BCUT2D eigenvalue weighted by molar-refractivity contribution is -0.143. The standard InChI is InChI=1S/C20H31F3N6O.HI/c1-3-24-19(27-17-6-7-28(13-17)14-20(21,22)23)26-11-16-4-5-18(25-10-16)29-8-9-30-15(2)12-29;/h4-5,10,15,17H,3,6-9,11-14H2,1-2H3,(H2,24,26,27);1H. The van der Waals surface area contributed by atoms with Crippen LogP contribution in [-0.2, 0) is 11.3 Å². The van der Waals surface area contributed by atoms with Gasteiger partial charge in [-0.25, -0.2) is 9.98 Å². The second-order valence-electron chi connectivity index (χ2n) is 7.83. The van der Waals surface area contributed by atoms with E-state index in [0.29, 0.717) is 45.2 Å². The number of anilines is 1. The molecular formula is C20H32F3IN6O. The van der Waals surface area contributed by atoms with Crippen LogP contribution in [0.15, 0.2) is 23.3 Å². The molecule has 0 spiro atoms. The van der Waals surface area contributed by atoms with Crippen LogP contribution in [0.2, 0.25) is 0 Å². The van der Waals surface area contributed by atoms with Crippen molar-refractivity contribution in [3.8, 4) is 0 Å². The third-order valence-electron chi connectivity index (χ3n) is 5.15. The van der Waals surface area contributed by atoms with Crippen LogP contribution in [0.1, 0.15) is 25.8 Å². The van der Waals surface area contributed by atoms with Gasteiger partial charge in [-0.15, -0.1) is 24.0 Å². The molecule has 0 amide bonds. The van der Waals surface area contributed by atoms with Gasteiger partial charge < -0.3 is 20.3 Å². The van der Waals surface area contributed by atoms with Crippen LogP contribution >= 0.6 is 24.0 Å². The highest BCUT2D eigenvalue weighted by molar-refractivity contribution is 14.0. The molecule has 2 unspecified atom stereocenters. The van der Waals surface area contributed by atoms with Crippen molar-refractivity contribution in [3.05, 3.63) is 23.9 Å². The van der Waals surface area contributed by atoms with E-state index in [2.05, 4.69) is 32.4 Å². The summed E-state index contributed by atoms with van der Waals surface area (Å²) < 4.78 is 43.3. The molecule has 1 aromatic heterocycles. The Morgan fingerprint density at radius 2 is 2.10 bits per heavy atom. The van der Waals surface area contributed by atoms with E-state index in [0.717, 1.165) is 24.5 Å². The Balaban J connectivity index is 0.00000341. The maximum absolute atomic E-state index is 12.6. The maximum Gasteiger partial charge on any atom is 0.401 e. The van der Waals surface area contributed by atoms with Crippen molar-refractivity contribution in [1.29, 1.82) is 0 Å². The summed E-state index contributed by atoms with van der Waals surface area (Å²) in [6.07, 6.45) is -1.48.